The molecule has 0 fully saturated rings. The number of carbonyl (C=O) groups is 2. The van der Waals surface area contributed by atoms with Gasteiger partial charge in [0.15, 0.2) is 0 Å². The average molecular weight is 384 g/mol. The van der Waals surface area contributed by atoms with E-state index in [4.69, 9.17) is 4.74 Å². The zero-order valence-corrected chi connectivity index (χ0v) is 15.9. The van der Waals surface area contributed by atoms with Crippen LogP contribution in [0.3, 0.4) is 0 Å². The molecule has 0 unspecified atom stereocenters. The summed E-state index contributed by atoms with van der Waals surface area (Å²) in [4.78, 5) is 26.8. The molecule has 5 heteroatoms. The maximum atomic E-state index is 12.7. The lowest BCUT2D eigenvalue weighted by molar-refractivity contribution is -0.121. The highest BCUT2D eigenvalue weighted by Gasteiger charge is 2.25. The van der Waals surface area contributed by atoms with Gasteiger partial charge in [-0.1, -0.05) is 42.5 Å². The molecule has 3 aromatic rings. The fourth-order valence-electron chi connectivity index (χ4n) is 4.04. The summed E-state index contributed by atoms with van der Waals surface area (Å²) in [6.45, 7) is 0.269. The molecule has 5 rings (SSSR count). The number of carbonyl (C=O) groups excluding carboxylic acids is 2. The van der Waals surface area contributed by atoms with Crippen LogP contribution in [0.25, 0.3) is 11.1 Å². The van der Waals surface area contributed by atoms with Gasteiger partial charge in [-0.15, -0.1) is 0 Å². The van der Waals surface area contributed by atoms with E-state index in [-0.39, 0.29) is 24.8 Å². The van der Waals surface area contributed by atoms with Crippen molar-refractivity contribution in [2.45, 2.75) is 12.8 Å². The Kier molecular flexibility index (Phi) is 4.28. The fourth-order valence-corrected chi connectivity index (χ4v) is 4.04. The van der Waals surface area contributed by atoms with Gasteiger partial charge in [-0.2, -0.15) is 0 Å². The maximum Gasteiger partial charge on any atom is 0.244 e. The van der Waals surface area contributed by atoms with Crippen LogP contribution in [-0.2, 0) is 16.0 Å². The molecule has 5 nitrogen and oxygen atoms in total. The molecule has 144 valence electrons. The van der Waals surface area contributed by atoms with E-state index >= 15 is 0 Å². The number of nitrogens with zero attached hydrogens (tertiary/aromatic N) is 1. The quantitative estimate of drug-likeness (QED) is 0.581. The predicted octanol–water partition coefficient (Wildman–Crippen LogP) is 4.01. The number of ether oxygens (including phenoxy) is 1. The van der Waals surface area contributed by atoms with Crippen molar-refractivity contribution in [1.82, 2.24) is 0 Å². The van der Waals surface area contributed by atoms with Crippen molar-refractivity contribution in [2.75, 3.05) is 23.4 Å². The third-order valence-corrected chi connectivity index (χ3v) is 5.41. The highest BCUT2D eigenvalue weighted by Crippen LogP contribution is 2.38. The average Bonchev–Trinajstić information content (AvgIpc) is 3.02. The minimum absolute atomic E-state index is 0.0487. The molecule has 0 atom stereocenters. The molecule has 2 aliphatic rings. The molecule has 0 aromatic heterocycles. The second-order valence-corrected chi connectivity index (χ2v) is 7.30. The predicted molar refractivity (Wildman–Crippen MR) is 112 cm³/mol. The zero-order chi connectivity index (χ0) is 19.8. The molecule has 29 heavy (non-hydrogen) atoms. The molecule has 1 heterocycles. The lowest BCUT2D eigenvalue weighted by atomic mass is 10.1. The van der Waals surface area contributed by atoms with Gasteiger partial charge in [-0.3, -0.25) is 14.5 Å². The summed E-state index contributed by atoms with van der Waals surface area (Å²) in [5.41, 5.74) is 6.30. The van der Waals surface area contributed by atoms with Crippen molar-refractivity contribution in [2.24, 2.45) is 0 Å². The smallest absolute Gasteiger partial charge is 0.244 e. The first-order chi connectivity index (χ1) is 14.2. The number of amides is 2. The first kappa shape index (κ1) is 17.5. The van der Waals surface area contributed by atoms with Crippen molar-refractivity contribution in [1.29, 1.82) is 0 Å². The van der Waals surface area contributed by atoms with E-state index in [1.54, 1.807) is 6.07 Å². The minimum atomic E-state index is -0.235. The Labute approximate surface area is 168 Å². The molecule has 0 saturated carbocycles. The second kappa shape index (κ2) is 7.09. The Morgan fingerprint density at radius 2 is 1.76 bits per heavy atom. The molecular formula is C24H20N2O3. The number of fused-ring (bicyclic) bond motifs is 4. The van der Waals surface area contributed by atoms with Crippen molar-refractivity contribution in [3.8, 4) is 16.9 Å². The molecular weight excluding hydrogens is 364 g/mol. The molecule has 3 aromatic carbocycles. The van der Waals surface area contributed by atoms with Gasteiger partial charge in [0.25, 0.3) is 0 Å². The summed E-state index contributed by atoms with van der Waals surface area (Å²) in [5.74, 6) is 0.273. The van der Waals surface area contributed by atoms with Crippen molar-refractivity contribution < 1.29 is 14.3 Å². The van der Waals surface area contributed by atoms with E-state index in [9.17, 15) is 9.59 Å². The summed E-state index contributed by atoms with van der Waals surface area (Å²) in [6, 6.07) is 21.6. The van der Waals surface area contributed by atoms with Crippen molar-refractivity contribution >= 4 is 23.2 Å². The molecule has 0 bridgehead atoms. The highest BCUT2D eigenvalue weighted by atomic mass is 16.5. The Morgan fingerprint density at radius 3 is 2.69 bits per heavy atom. The van der Waals surface area contributed by atoms with E-state index in [1.165, 1.54) is 21.6 Å². The maximum absolute atomic E-state index is 12.7. The normalized spacial score (nSPS) is 14.3. The second-order valence-electron chi connectivity index (χ2n) is 7.30. The van der Waals surface area contributed by atoms with Crippen LogP contribution in [0.1, 0.15) is 17.5 Å². The summed E-state index contributed by atoms with van der Waals surface area (Å²) in [5, 5.41) is 2.95. The first-order valence-electron chi connectivity index (χ1n) is 9.72. The number of hydrogen-bond donors (Lipinski definition) is 1. The highest BCUT2D eigenvalue weighted by molar-refractivity contribution is 6.04. The Morgan fingerprint density at radius 1 is 0.966 bits per heavy atom. The lowest BCUT2D eigenvalue weighted by Gasteiger charge is -2.21. The van der Waals surface area contributed by atoms with Crippen LogP contribution in [0.5, 0.6) is 5.75 Å². The summed E-state index contributed by atoms with van der Waals surface area (Å²) >= 11 is 0. The van der Waals surface area contributed by atoms with Crippen LogP contribution in [0, 0.1) is 0 Å². The molecule has 0 radical (unpaired) electrons. The van der Waals surface area contributed by atoms with Crippen LogP contribution in [0.15, 0.2) is 66.7 Å². The number of nitrogens with one attached hydrogen (secondary N) is 1. The molecule has 2 amide bonds. The minimum Gasteiger partial charge on any atom is -0.491 e. The van der Waals surface area contributed by atoms with Crippen LogP contribution in [-0.4, -0.2) is 25.0 Å². The van der Waals surface area contributed by atoms with Gasteiger partial charge < -0.3 is 10.1 Å². The van der Waals surface area contributed by atoms with Crippen LogP contribution in [0.4, 0.5) is 11.4 Å². The van der Waals surface area contributed by atoms with E-state index in [1.807, 2.05) is 42.5 Å². The van der Waals surface area contributed by atoms with Crippen molar-refractivity contribution in [3.63, 3.8) is 0 Å². The number of rotatable bonds is 3. The van der Waals surface area contributed by atoms with Gasteiger partial charge in [-0.25, -0.2) is 0 Å². The number of hydrogen-bond acceptors (Lipinski definition) is 3. The lowest BCUT2D eigenvalue weighted by Crippen LogP contribution is -2.37. The zero-order valence-electron chi connectivity index (χ0n) is 15.9. The Hall–Kier alpha value is -3.60. The molecule has 0 saturated heterocycles. The molecule has 0 spiro atoms. The first-order valence-corrected chi connectivity index (χ1v) is 9.72. The van der Waals surface area contributed by atoms with Gasteiger partial charge in [0.05, 0.1) is 18.7 Å². The number of anilines is 2. The third-order valence-electron chi connectivity index (χ3n) is 5.41. The fraction of sp³-hybridized carbons (Fsp3) is 0.167. The standard InChI is InChI=1S/C24H20N2O3/c27-23(15-26-21-7-3-4-8-22(21)29-12-11-24(26)28)25-18-10-9-17-13-16-5-1-2-6-19(16)20(17)14-18/h1-10,14H,11-13,15H2,(H,25,27). The van der Waals surface area contributed by atoms with E-state index in [2.05, 4.69) is 23.5 Å². The Bertz CT molecular complexity index is 1120. The monoisotopic (exact) mass is 384 g/mol. The van der Waals surface area contributed by atoms with E-state index < -0.39 is 0 Å². The molecule has 1 aliphatic carbocycles. The van der Waals surface area contributed by atoms with E-state index in [0.717, 1.165) is 17.7 Å². The third kappa shape index (κ3) is 3.25. The SMILES string of the molecule is O=C(CN1C(=O)CCOc2ccccc21)Nc1ccc2c(c1)-c1ccccc1C2. The topological polar surface area (TPSA) is 58.6 Å². The van der Waals surface area contributed by atoms with Crippen LogP contribution < -0.4 is 15.0 Å². The molecule has 1 aliphatic heterocycles. The largest absolute Gasteiger partial charge is 0.491 e. The van der Waals surface area contributed by atoms with Gasteiger partial charge in [0.2, 0.25) is 11.8 Å². The van der Waals surface area contributed by atoms with E-state index in [0.29, 0.717) is 18.0 Å². The number of benzene rings is 3. The molecule has 1 N–H and O–H groups in total. The summed E-state index contributed by atoms with van der Waals surface area (Å²) in [6.07, 6.45) is 1.16. The van der Waals surface area contributed by atoms with Crippen molar-refractivity contribution in [3.05, 3.63) is 77.9 Å². The number of para-hydroxylation sites is 2. The summed E-state index contributed by atoms with van der Waals surface area (Å²) in [7, 11) is 0. The van der Waals surface area contributed by atoms with Gasteiger partial charge in [0, 0.05) is 5.69 Å². The van der Waals surface area contributed by atoms with Gasteiger partial charge in [-0.05, 0) is 52.9 Å². The van der Waals surface area contributed by atoms with Crippen LogP contribution >= 0.6 is 0 Å². The van der Waals surface area contributed by atoms with Crippen LogP contribution in [0.2, 0.25) is 0 Å². The Balaban J connectivity index is 1.36. The summed E-state index contributed by atoms with van der Waals surface area (Å²) < 4.78 is 5.64. The van der Waals surface area contributed by atoms with Gasteiger partial charge in [0.1, 0.15) is 12.3 Å². The van der Waals surface area contributed by atoms with Gasteiger partial charge >= 0.3 is 0 Å².